The number of hydrogen-bond acceptors (Lipinski definition) is 3. The summed E-state index contributed by atoms with van der Waals surface area (Å²) < 4.78 is 18.5. The zero-order chi connectivity index (χ0) is 12.4. The Morgan fingerprint density at radius 3 is 2.71 bits per heavy atom. The molecule has 0 fully saturated rings. The fourth-order valence-corrected chi connectivity index (χ4v) is 1.67. The van der Waals surface area contributed by atoms with Crippen LogP contribution in [-0.4, -0.2) is 4.98 Å². The van der Waals surface area contributed by atoms with Crippen LogP contribution in [0.5, 0.6) is 0 Å². The van der Waals surface area contributed by atoms with Crippen LogP contribution >= 0.6 is 11.6 Å². The van der Waals surface area contributed by atoms with Gasteiger partial charge in [-0.05, 0) is 32.0 Å². The first-order valence-electron chi connectivity index (χ1n) is 5.17. The van der Waals surface area contributed by atoms with Gasteiger partial charge < -0.3 is 9.73 Å². The summed E-state index contributed by atoms with van der Waals surface area (Å²) >= 11 is 5.74. The van der Waals surface area contributed by atoms with Crippen LogP contribution < -0.4 is 5.32 Å². The number of oxazole rings is 1. The minimum absolute atomic E-state index is 0.354. The van der Waals surface area contributed by atoms with E-state index in [-0.39, 0.29) is 5.82 Å². The van der Waals surface area contributed by atoms with Gasteiger partial charge in [-0.3, -0.25) is 0 Å². The average molecular weight is 255 g/mol. The molecule has 3 nitrogen and oxygen atoms in total. The second kappa shape index (κ2) is 4.75. The van der Waals surface area contributed by atoms with E-state index in [9.17, 15) is 4.39 Å². The third-order valence-electron chi connectivity index (χ3n) is 2.38. The molecule has 0 spiro atoms. The van der Waals surface area contributed by atoms with E-state index < -0.39 is 0 Å². The maximum absolute atomic E-state index is 13.1. The van der Waals surface area contributed by atoms with Crippen molar-refractivity contribution in [1.29, 1.82) is 0 Å². The van der Waals surface area contributed by atoms with Gasteiger partial charge in [0.25, 0.3) is 0 Å². The molecule has 2 aromatic rings. The molecule has 5 heteroatoms. The minimum atomic E-state index is -0.375. The number of rotatable bonds is 3. The Hall–Kier alpha value is -1.55. The van der Waals surface area contributed by atoms with Crippen molar-refractivity contribution < 1.29 is 8.81 Å². The molecule has 0 saturated heterocycles. The van der Waals surface area contributed by atoms with Gasteiger partial charge in [-0.25, -0.2) is 9.37 Å². The summed E-state index contributed by atoms with van der Waals surface area (Å²) in [5.74, 6) is 0.985. The zero-order valence-electron chi connectivity index (χ0n) is 9.55. The summed E-state index contributed by atoms with van der Waals surface area (Å²) in [5, 5.41) is 3.36. The largest absolute Gasteiger partial charge is 0.444 e. The standard InChI is InChI=1S/C12H12ClFN2O/c1-7-8(2)17-12(16-7)6-15-11-4-9(13)3-10(14)5-11/h3-5,15H,6H2,1-2H3. The van der Waals surface area contributed by atoms with Crippen molar-refractivity contribution >= 4 is 17.3 Å². The Balaban J connectivity index is 2.07. The SMILES string of the molecule is Cc1nc(CNc2cc(F)cc(Cl)c2)oc1C. The van der Waals surface area contributed by atoms with Gasteiger partial charge in [0.15, 0.2) is 0 Å². The van der Waals surface area contributed by atoms with E-state index in [2.05, 4.69) is 10.3 Å². The van der Waals surface area contributed by atoms with E-state index in [1.807, 2.05) is 13.8 Å². The molecule has 0 unspecified atom stereocenters. The van der Waals surface area contributed by atoms with Crippen molar-refractivity contribution in [1.82, 2.24) is 4.98 Å². The quantitative estimate of drug-likeness (QED) is 0.908. The van der Waals surface area contributed by atoms with E-state index in [0.717, 1.165) is 11.5 Å². The van der Waals surface area contributed by atoms with Gasteiger partial charge in [0.2, 0.25) is 5.89 Å². The first-order valence-corrected chi connectivity index (χ1v) is 5.55. The number of aromatic nitrogens is 1. The van der Waals surface area contributed by atoms with Gasteiger partial charge in [-0.1, -0.05) is 11.6 Å². The number of benzene rings is 1. The van der Waals surface area contributed by atoms with Crippen molar-refractivity contribution in [3.8, 4) is 0 Å². The molecule has 1 aromatic heterocycles. The molecule has 0 aliphatic rings. The number of aryl methyl sites for hydroxylation is 2. The number of hydrogen-bond donors (Lipinski definition) is 1. The fraction of sp³-hybridized carbons (Fsp3) is 0.250. The van der Waals surface area contributed by atoms with Crippen LogP contribution in [0.3, 0.4) is 0 Å². The first-order chi connectivity index (χ1) is 8.04. The fourth-order valence-electron chi connectivity index (χ4n) is 1.45. The topological polar surface area (TPSA) is 38.1 Å². The minimum Gasteiger partial charge on any atom is -0.444 e. The Labute approximate surface area is 104 Å². The second-order valence-corrected chi connectivity index (χ2v) is 4.20. The number of halogens is 2. The lowest BCUT2D eigenvalue weighted by Crippen LogP contribution is -2.00. The Bertz CT molecular complexity index is 500. The van der Waals surface area contributed by atoms with Gasteiger partial charge in [0.1, 0.15) is 11.6 Å². The number of nitrogens with zero attached hydrogens (tertiary/aromatic N) is 1. The molecule has 90 valence electrons. The molecule has 1 N–H and O–H groups in total. The molecule has 1 heterocycles. The summed E-state index contributed by atoms with van der Waals surface area (Å²) in [7, 11) is 0. The van der Waals surface area contributed by atoms with Gasteiger partial charge in [-0.2, -0.15) is 0 Å². The maximum atomic E-state index is 13.1. The number of nitrogens with one attached hydrogen (secondary N) is 1. The molecule has 17 heavy (non-hydrogen) atoms. The lowest BCUT2D eigenvalue weighted by molar-refractivity contribution is 0.478. The van der Waals surface area contributed by atoms with Crippen LogP contribution in [-0.2, 0) is 6.54 Å². The van der Waals surface area contributed by atoms with Crippen LogP contribution in [0.15, 0.2) is 22.6 Å². The predicted octanol–water partition coefficient (Wildman–Crippen LogP) is 3.70. The molecular weight excluding hydrogens is 243 g/mol. The third-order valence-corrected chi connectivity index (χ3v) is 2.60. The summed E-state index contributed by atoms with van der Waals surface area (Å²) in [6.45, 7) is 4.13. The highest BCUT2D eigenvalue weighted by molar-refractivity contribution is 6.30. The van der Waals surface area contributed by atoms with E-state index in [1.54, 1.807) is 6.07 Å². The van der Waals surface area contributed by atoms with Crippen molar-refractivity contribution in [2.45, 2.75) is 20.4 Å². The molecule has 0 aliphatic heterocycles. The monoisotopic (exact) mass is 254 g/mol. The third kappa shape index (κ3) is 2.97. The van der Waals surface area contributed by atoms with Crippen LogP contribution in [0.1, 0.15) is 17.3 Å². The van der Waals surface area contributed by atoms with Gasteiger partial charge in [0, 0.05) is 10.7 Å². The Morgan fingerprint density at radius 2 is 2.12 bits per heavy atom. The average Bonchev–Trinajstić information content (AvgIpc) is 2.54. The van der Waals surface area contributed by atoms with Crippen molar-refractivity contribution in [3.63, 3.8) is 0 Å². The van der Waals surface area contributed by atoms with Gasteiger partial charge in [-0.15, -0.1) is 0 Å². The van der Waals surface area contributed by atoms with Crippen molar-refractivity contribution in [2.24, 2.45) is 0 Å². The van der Waals surface area contributed by atoms with Crippen molar-refractivity contribution in [2.75, 3.05) is 5.32 Å². The zero-order valence-corrected chi connectivity index (χ0v) is 10.3. The highest BCUT2D eigenvalue weighted by atomic mass is 35.5. The van der Waals surface area contributed by atoms with Crippen LogP contribution in [0.4, 0.5) is 10.1 Å². The van der Waals surface area contributed by atoms with Crippen LogP contribution in [0.25, 0.3) is 0 Å². The second-order valence-electron chi connectivity index (χ2n) is 3.76. The molecule has 0 bridgehead atoms. The predicted molar refractivity (Wildman–Crippen MR) is 64.7 cm³/mol. The van der Waals surface area contributed by atoms with E-state index >= 15 is 0 Å². The summed E-state index contributed by atoms with van der Waals surface area (Å²) in [6, 6.07) is 4.27. The Morgan fingerprint density at radius 1 is 1.35 bits per heavy atom. The highest BCUT2D eigenvalue weighted by Crippen LogP contribution is 2.19. The summed E-state index contributed by atoms with van der Waals surface area (Å²) in [6.07, 6.45) is 0. The molecular formula is C12H12ClFN2O. The van der Waals surface area contributed by atoms with Crippen LogP contribution in [0, 0.1) is 19.7 Å². The smallest absolute Gasteiger partial charge is 0.213 e. The van der Waals surface area contributed by atoms with Crippen molar-refractivity contribution in [3.05, 3.63) is 46.4 Å². The number of anilines is 1. The molecule has 1 aromatic carbocycles. The molecule has 0 saturated carbocycles. The van der Waals surface area contributed by atoms with Gasteiger partial charge >= 0.3 is 0 Å². The van der Waals surface area contributed by atoms with E-state index in [1.165, 1.54) is 12.1 Å². The lowest BCUT2D eigenvalue weighted by atomic mass is 10.3. The molecule has 0 atom stereocenters. The maximum Gasteiger partial charge on any atom is 0.213 e. The normalized spacial score (nSPS) is 10.6. The van der Waals surface area contributed by atoms with E-state index in [0.29, 0.717) is 23.1 Å². The summed E-state index contributed by atoms with van der Waals surface area (Å²) in [4.78, 5) is 4.21. The molecule has 0 aliphatic carbocycles. The first kappa shape index (κ1) is 11.9. The molecule has 2 rings (SSSR count). The van der Waals surface area contributed by atoms with E-state index in [4.69, 9.17) is 16.0 Å². The van der Waals surface area contributed by atoms with Crippen LogP contribution in [0.2, 0.25) is 5.02 Å². The molecule has 0 amide bonds. The lowest BCUT2D eigenvalue weighted by Gasteiger charge is -2.04. The summed E-state index contributed by atoms with van der Waals surface area (Å²) in [5.41, 5.74) is 1.46. The highest BCUT2D eigenvalue weighted by Gasteiger charge is 2.05. The van der Waals surface area contributed by atoms with Gasteiger partial charge in [0.05, 0.1) is 12.2 Å². The Kier molecular flexibility index (Phi) is 3.33. The molecule has 0 radical (unpaired) electrons.